The fourth-order valence-electron chi connectivity index (χ4n) is 3.87. The van der Waals surface area contributed by atoms with E-state index in [0.29, 0.717) is 25.2 Å². The first-order valence-corrected chi connectivity index (χ1v) is 13.2. The van der Waals surface area contributed by atoms with Gasteiger partial charge in [-0.3, -0.25) is 4.79 Å². The lowest BCUT2D eigenvalue weighted by atomic mass is 9.93. The number of thioether (sulfide) groups is 1. The topological polar surface area (TPSA) is 84.9 Å². The molecule has 3 aromatic rings. The summed E-state index contributed by atoms with van der Waals surface area (Å²) in [6.45, 7) is 2.83. The number of ether oxygens (including phenoxy) is 2. The van der Waals surface area contributed by atoms with E-state index in [-0.39, 0.29) is 12.5 Å². The predicted octanol–water partition coefficient (Wildman–Crippen LogP) is 4.90. The van der Waals surface area contributed by atoms with Gasteiger partial charge in [-0.05, 0) is 70.9 Å². The number of hydrogen-bond acceptors (Lipinski definition) is 6. The summed E-state index contributed by atoms with van der Waals surface area (Å²) < 4.78 is 10.8. The molecule has 0 bridgehead atoms. The lowest BCUT2D eigenvalue weighted by Gasteiger charge is -2.19. The molecule has 6 nitrogen and oxygen atoms in total. The van der Waals surface area contributed by atoms with Gasteiger partial charge >= 0.3 is 5.97 Å². The molecule has 3 rings (SSSR count). The Labute approximate surface area is 217 Å². The average molecular weight is 508 g/mol. The van der Waals surface area contributed by atoms with Gasteiger partial charge in [0.25, 0.3) is 5.91 Å². The summed E-state index contributed by atoms with van der Waals surface area (Å²) in [6.07, 6.45) is 2.45. The summed E-state index contributed by atoms with van der Waals surface area (Å²) >= 11 is 1.61. The number of aryl methyl sites for hydroxylation is 1. The van der Waals surface area contributed by atoms with E-state index in [9.17, 15) is 14.7 Å². The van der Waals surface area contributed by atoms with Crippen LogP contribution in [-0.2, 0) is 34.1 Å². The molecule has 0 aromatic heterocycles. The Morgan fingerprint density at radius 3 is 2.28 bits per heavy atom. The van der Waals surface area contributed by atoms with Crippen LogP contribution in [0, 0.1) is 6.92 Å². The second-order valence-corrected chi connectivity index (χ2v) is 9.48. The van der Waals surface area contributed by atoms with Gasteiger partial charge in [-0.2, -0.15) is 11.8 Å². The van der Waals surface area contributed by atoms with Gasteiger partial charge in [-0.1, -0.05) is 54.6 Å². The zero-order valence-corrected chi connectivity index (χ0v) is 21.8. The van der Waals surface area contributed by atoms with Crippen molar-refractivity contribution in [2.45, 2.75) is 39.2 Å². The number of hydrogen-bond donors (Lipinski definition) is 2. The maximum absolute atomic E-state index is 13.3. The lowest BCUT2D eigenvalue weighted by Crippen LogP contribution is -2.42. The third kappa shape index (κ3) is 7.43. The van der Waals surface area contributed by atoms with Crippen molar-refractivity contribution in [2.24, 2.45) is 0 Å². The van der Waals surface area contributed by atoms with E-state index in [1.165, 1.54) is 7.11 Å². The number of aliphatic hydroxyl groups is 1. The number of esters is 1. The molecule has 0 heterocycles. The van der Waals surface area contributed by atoms with E-state index in [4.69, 9.17) is 9.47 Å². The second-order valence-electron chi connectivity index (χ2n) is 8.49. The number of methoxy groups -OCH3 is 1. The minimum absolute atomic E-state index is 0.0146. The van der Waals surface area contributed by atoms with Crippen LogP contribution < -0.4 is 5.32 Å². The number of carbonyl (C=O) groups is 2. The molecule has 1 atom stereocenters. The molecule has 0 spiro atoms. The minimum atomic E-state index is -0.708. The molecule has 0 radical (unpaired) electrons. The quantitative estimate of drug-likeness (QED) is 0.340. The highest BCUT2D eigenvalue weighted by molar-refractivity contribution is 7.98. The van der Waals surface area contributed by atoms with E-state index < -0.39 is 12.0 Å². The van der Waals surface area contributed by atoms with Crippen LogP contribution >= 0.6 is 11.8 Å². The number of benzene rings is 3. The highest BCUT2D eigenvalue weighted by atomic mass is 32.2. The summed E-state index contributed by atoms with van der Waals surface area (Å²) in [4.78, 5) is 25.6. The van der Waals surface area contributed by atoms with Crippen LogP contribution in [0.3, 0.4) is 0 Å². The average Bonchev–Trinajstić information content (AvgIpc) is 2.91. The predicted molar refractivity (Wildman–Crippen MR) is 144 cm³/mol. The van der Waals surface area contributed by atoms with Crippen LogP contribution in [0.5, 0.6) is 0 Å². The molecule has 3 aromatic carbocycles. The molecule has 0 aliphatic heterocycles. The summed E-state index contributed by atoms with van der Waals surface area (Å²) in [6, 6.07) is 20.5. The van der Waals surface area contributed by atoms with Crippen LogP contribution in [0.25, 0.3) is 11.1 Å². The molecule has 0 aliphatic carbocycles. The van der Waals surface area contributed by atoms with Gasteiger partial charge in [0.2, 0.25) is 0 Å². The Morgan fingerprint density at radius 2 is 1.61 bits per heavy atom. The monoisotopic (exact) mass is 507 g/mol. The summed E-state index contributed by atoms with van der Waals surface area (Å²) in [5, 5.41) is 12.1. The molecule has 0 saturated heterocycles. The Hall–Kier alpha value is -3.13. The summed E-state index contributed by atoms with van der Waals surface area (Å²) in [5.41, 5.74) is 6.07. The fourth-order valence-corrected chi connectivity index (χ4v) is 4.34. The smallest absolute Gasteiger partial charge is 0.328 e. The van der Waals surface area contributed by atoms with Crippen molar-refractivity contribution in [3.05, 3.63) is 94.5 Å². The molecule has 36 heavy (non-hydrogen) atoms. The molecule has 2 N–H and O–H groups in total. The lowest BCUT2D eigenvalue weighted by molar-refractivity contribution is -0.142. The van der Waals surface area contributed by atoms with Crippen LogP contribution in [-0.4, -0.2) is 42.1 Å². The highest BCUT2D eigenvalue weighted by Gasteiger charge is 2.23. The van der Waals surface area contributed by atoms with Crippen LogP contribution in [0.1, 0.15) is 39.0 Å². The Morgan fingerprint density at radius 1 is 0.944 bits per heavy atom. The molecule has 190 valence electrons. The molecule has 0 saturated carbocycles. The third-order valence-electron chi connectivity index (χ3n) is 5.91. The Kier molecular flexibility index (Phi) is 10.5. The third-order valence-corrected chi connectivity index (χ3v) is 6.55. The van der Waals surface area contributed by atoms with Crippen molar-refractivity contribution in [1.82, 2.24) is 5.32 Å². The van der Waals surface area contributed by atoms with Crippen molar-refractivity contribution in [1.29, 1.82) is 0 Å². The maximum atomic E-state index is 13.3. The molecular weight excluding hydrogens is 474 g/mol. The first-order chi connectivity index (χ1) is 17.5. The van der Waals surface area contributed by atoms with Crippen LogP contribution in [0.2, 0.25) is 0 Å². The zero-order chi connectivity index (χ0) is 25.9. The second kappa shape index (κ2) is 13.8. The minimum Gasteiger partial charge on any atom is -0.467 e. The van der Waals surface area contributed by atoms with Crippen LogP contribution in [0.15, 0.2) is 66.7 Å². The van der Waals surface area contributed by atoms with Crippen molar-refractivity contribution < 1.29 is 24.2 Å². The van der Waals surface area contributed by atoms with E-state index in [1.54, 1.807) is 17.8 Å². The van der Waals surface area contributed by atoms with Gasteiger partial charge in [-0.15, -0.1) is 0 Å². The summed E-state index contributed by atoms with van der Waals surface area (Å²) in [5.74, 6) is -0.0444. The van der Waals surface area contributed by atoms with E-state index in [1.807, 2.05) is 73.8 Å². The number of carbonyl (C=O) groups excluding carboxylic acids is 2. The molecule has 0 aliphatic rings. The fraction of sp³-hybridized carbons (Fsp3) is 0.310. The Bertz CT molecular complexity index is 1160. The number of aliphatic hydroxyl groups excluding tert-OH is 1. The van der Waals surface area contributed by atoms with Crippen molar-refractivity contribution in [2.75, 3.05) is 19.1 Å². The van der Waals surface area contributed by atoms with Gasteiger partial charge in [0, 0.05) is 5.56 Å². The van der Waals surface area contributed by atoms with Crippen molar-refractivity contribution in [3.63, 3.8) is 0 Å². The van der Waals surface area contributed by atoms with E-state index in [2.05, 4.69) is 5.32 Å². The SMILES string of the molecule is COC(=O)C(CCSC)NC(=O)c1ccc(COCc2ccc(CO)cc2)cc1-c1ccccc1C. The van der Waals surface area contributed by atoms with Gasteiger partial charge in [0.15, 0.2) is 0 Å². The van der Waals surface area contributed by atoms with Gasteiger partial charge in [0.05, 0.1) is 26.9 Å². The first kappa shape index (κ1) is 27.5. The standard InChI is InChI=1S/C29H33NO5S/c1-20-6-4-5-7-24(20)26-16-23(19-35-18-22-10-8-21(17-31)9-11-22)12-13-25(26)28(32)30-27(14-15-36-3)29(33)34-2/h4-13,16,27,31H,14-15,17-19H2,1-3H3,(H,30,32). The zero-order valence-electron chi connectivity index (χ0n) is 21.0. The molecule has 1 amide bonds. The van der Waals surface area contributed by atoms with Gasteiger partial charge in [0.1, 0.15) is 6.04 Å². The first-order valence-electron chi connectivity index (χ1n) is 11.8. The Balaban J connectivity index is 1.83. The highest BCUT2D eigenvalue weighted by Crippen LogP contribution is 2.29. The van der Waals surface area contributed by atoms with Gasteiger partial charge < -0.3 is 19.9 Å². The van der Waals surface area contributed by atoms with Gasteiger partial charge in [-0.25, -0.2) is 4.79 Å². The molecule has 7 heteroatoms. The number of amides is 1. The summed E-state index contributed by atoms with van der Waals surface area (Å²) in [7, 11) is 1.33. The van der Waals surface area contributed by atoms with Crippen LogP contribution in [0.4, 0.5) is 0 Å². The largest absolute Gasteiger partial charge is 0.467 e. The number of rotatable bonds is 12. The molecule has 1 unspecified atom stereocenters. The van der Waals surface area contributed by atoms with E-state index in [0.717, 1.165) is 39.1 Å². The van der Waals surface area contributed by atoms with Crippen molar-refractivity contribution in [3.8, 4) is 11.1 Å². The van der Waals surface area contributed by atoms with Crippen molar-refractivity contribution >= 4 is 23.6 Å². The normalized spacial score (nSPS) is 11.7. The molecule has 0 fully saturated rings. The van der Waals surface area contributed by atoms with E-state index >= 15 is 0 Å². The maximum Gasteiger partial charge on any atom is 0.328 e. The number of nitrogens with one attached hydrogen (secondary N) is 1. The molecular formula is C29H33NO5S.